The fourth-order valence-electron chi connectivity index (χ4n) is 3.05. The van der Waals surface area contributed by atoms with E-state index in [4.69, 9.17) is 0 Å². The number of halogens is 1. The Bertz CT molecular complexity index is 371. The molecule has 0 aliphatic carbocycles. The molecule has 0 radical (unpaired) electrons. The first-order valence-electron chi connectivity index (χ1n) is 6.83. The van der Waals surface area contributed by atoms with Gasteiger partial charge in [-0.15, -0.1) is 12.4 Å². The lowest BCUT2D eigenvalue weighted by Crippen LogP contribution is -2.45. The molecule has 0 saturated carbocycles. The largest absolute Gasteiger partial charge is 0.315 e. The Balaban J connectivity index is 0.00000180. The smallest absolute Gasteiger partial charge is 0.211 e. The maximum Gasteiger partial charge on any atom is 0.211 e. The van der Waals surface area contributed by atoms with Crippen LogP contribution in [0.25, 0.3) is 0 Å². The van der Waals surface area contributed by atoms with Crippen LogP contribution in [-0.2, 0) is 10.0 Å². The summed E-state index contributed by atoms with van der Waals surface area (Å²) >= 11 is 0. The van der Waals surface area contributed by atoms with Crippen LogP contribution >= 0.6 is 12.4 Å². The second-order valence-corrected chi connectivity index (χ2v) is 7.70. The topological polar surface area (TPSA) is 52.7 Å². The summed E-state index contributed by atoms with van der Waals surface area (Å²) in [6.45, 7) is 4.58. The van der Waals surface area contributed by atoms with E-state index in [1.807, 2.05) is 0 Å². The third kappa shape index (κ3) is 4.86. The van der Waals surface area contributed by atoms with Gasteiger partial charge in [-0.25, -0.2) is 12.7 Å². The van der Waals surface area contributed by atoms with Gasteiger partial charge in [0, 0.05) is 32.2 Å². The number of rotatable bonds is 4. The Kier molecular flexibility index (Phi) is 6.53. The monoisotopic (exact) mass is 311 g/mol. The van der Waals surface area contributed by atoms with Crippen molar-refractivity contribution in [2.75, 3.05) is 46.0 Å². The van der Waals surface area contributed by atoms with E-state index in [9.17, 15) is 8.42 Å². The first-order valence-corrected chi connectivity index (χ1v) is 8.67. The molecule has 2 fully saturated rings. The molecular weight excluding hydrogens is 286 g/mol. The molecule has 2 saturated heterocycles. The van der Waals surface area contributed by atoms with Crippen LogP contribution in [0.15, 0.2) is 0 Å². The average molecular weight is 312 g/mol. The quantitative estimate of drug-likeness (QED) is 0.815. The normalized spacial score (nSPS) is 29.4. The minimum absolute atomic E-state index is 0. The van der Waals surface area contributed by atoms with Gasteiger partial charge in [0.2, 0.25) is 10.0 Å². The zero-order valence-corrected chi connectivity index (χ0v) is 13.5. The van der Waals surface area contributed by atoms with Gasteiger partial charge in [-0.05, 0) is 38.8 Å². The summed E-state index contributed by atoms with van der Waals surface area (Å²) in [6, 6.07) is 0.624. The number of hydrogen-bond acceptors (Lipinski definition) is 4. The van der Waals surface area contributed by atoms with Crippen molar-refractivity contribution in [3.05, 3.63) is 0 Å². The van der Waals surface area contributed by atoms with E-state index < -0.39 is 10.0 Å². The minimum atomic E-state index is -3.01. The van der Waals surface area contributed by atoms with Gasteiger partial charge in [-0.3, -0.25) is 0 Å². The van der Waals surface area contributed by atoms with Crippen molar-refractivity contribution in [3.63, 3.8) is 0 Å². The molecular formula is C12H26ClN3O2S. The summed E-state index contributed by atoms with van der Waals surface area (Å²) in [5, 5.41) is 3.38. The van der Waals surface area contributed by atoms with Crippen molar-refractivity contribution in [2.45, 2.75) is 25.3 Å². The number of piperidine rings is 1. The van der Waals surface area contributed by atoms with Crippen LogP contribution in [0.4, 0.5) is 0 Å². The predicted octanol–water partition coefficient (Wildman–Crippen LogP) is 0.374. The van der Waals surface area contributed by atoms with Crippen LogP contribution in [0.3, 0.4) is 0 Å². The maximum absolute atomic E-state index is 11.6. The highest BCUT2D eigenvalue weighted by Crippen LogP contribution is 2.20. The molecule has 7 heteroatoms. The fraction of sp³-hybridized carbons (Fsp3) is 1.00. The van der Waals surface area contributed by atoms with Crippen LogP contribution in [0.1, 0.15) is 19.3 Å². The third-order valence-electron chi connectivity index (χ3n) is 4.15. The molecule has 2 aliphatic rings. The SMILES string of the molecule is CN(CC1CCCN(S(C)(=O)=O)C1)C1CCNC1.Cl. The molecule has 1 N–H and O–H groups in total. The first kappa shape index (κ1) is 17.2. The standard InChI is InChI=1S/C12H25N3O2S.ClH/c1-14(12-5-6-13-8-12)9-11-4-3-7-15(10-11)18(2,16)17;/h11-13H,3-10H2,1-2H3;1H. The van der Waals surface area contributed by atoms with Gasteiger partial charge in [0.15, 0.2) is 0 Å². The second-order valence-electron chi connectivity index (χ2n) is 5.72. The van der Waals surface area contributed by atoms with Crippen molar-refractivity contribution >= 4 is 22.4 Å². The Hall–Kier alpha value is 0.120. The molecule has 19 heavy (non-hydrogen) atoms. The van der Waals surface area contributed by atoms with E-state index in [0.717, 1.165) is 32.5 Å². The molecule has 2 aliphatic heterocycles. The number of hydrogen-bond donors (Lipinski definition) is 1. The van der Waals surface area contributed by atoms with Crippen molar-refractivity contribution < 1.29 is 8.42 Å². The molecule has 5 nitrogen and oxygen atoms in total. The summed E-state index contributed by atoms with van der Waals surface area (Å²) in [5.74, 6) is 0.485. The summed E-state index contributed by atoms with van der Waals surface area (Å²) in [5.41, 5.74) is 0. The van der Waals surface area contributed by atoms with Crippen molar-refractivity contribution in [2.24, 2.45) is 5.92 Å². The molecule has 2 unspecified atom stereocenters. The zero-order chi connectivity index (χ0) is 13.2. The number of likely N-dealkylation sites (N-methyl/N-ethyl adjacent to an activating group) is 1. The highest BCUT2D eigenvalue weighted by Gasteiger charge is 2.28. The van der Waals surface area contributed by atoms with E-state index >= 15 is 0 Å². The van der Waals surface area contributed by atoms with Gasteiger partial charge in [0.25, 0.3) is 0 Å². The van der Waals surface area contributed by atoms with Gasteiger partial charge in [0.1, 0.15) is 0 Å². The van der Waals surface area contributed by atoms with Gasteiger partial charge >= 0.3 is 0 Å². The first-order chi connectivity index (χ1) is 8.47. The van der Waals surface area contributed by atoms with E-state index in [-0.39, 0.29) is 12.4 Å². The molecule has 0 aromatic heterocycles. The third-order valence-corrected chi connectivity index (χ3v) is 5.42. The molecule has 114 valence electrons. The average Bonchev–Trinajstić information content (AvgIpc) is 2.81. The predicted molar refractivity (Wildman–Crippen MR) is 80.3 cm³/mol. The zero-order valence-electron chi connectivity index (χ0n) is 11.8. The molecule has 0 bridgehead atoms. The van der Waals surface area contributed by atoms with Crippen LogP contribution in [0.2, 0.25) is 0 Å². The molecule has 0 aromatic rings. The minimum Gasteiger partial charge on any atom is -0.315 e. The lowest BCUT2D eigenvalue weighted by Gasteiger charge is -2.34. The lowest BCUT2D eigenvalue weighted by atomic mass is 9.98. The highest BCUT2D eigenvalue weighted by molar-refractivity contribution is 7.88. The summed E-state index contributed by atoms with van der Waals surface area (Å²) in [4.78, 5) is 2.40. The number of nitrogens with zero attached hydrogens (tertiary/aromatic N) is 2. The Morgan fingerprint density at radius 2 is 2.11 bits per heavy atom. The number of nitrogens with one attached hydrogen (secondary N) is 1. The Morgan fingerprint density at radius 3 is 2.68 bits per heavy atom. The molecule has 0 aromatic carbocycles. The van der Waals surface area contributed by atoms with Gasteiger partial charge in [-0.2, -0.15) is 0 Å². The molecule has 0 spiro atoms. The molecule has 0 amide bonds. The fourth-order valence-corrected chi connectivity index (χ4v) is 3.99. The van der Waals surface area contributed by atoms with Gasteiger partial charge < -0.3 is 10.2 Å². The molecule has 2 atom stereocenters. The van der Waals surface area contributed by atoms with E-state index in [2.05, 4.69) is 17.3 Å². The Labute approximate surface area is 123 Å². The summed E-state index contributed by atoms with van der Waals surface area (Å²) in [6.07, 6.45) is 4.67. The van der Waals surface area contributed by atoms with E-state index in [0.29, 0.717) is 25.0 Å². The van der Waals surface area contributed by atoms with Gasteiger partial charge in [-0.1, -0.05) is 0 Å². The molecule has 2 heterocycles. The van der Waals surface area contributed by atoms with Crippen molar-refractivity contribution in [1.29, 1.82) is 0 Å². The van der Waals surface area contributed by atoms with Crippen molar-refractivity contribution in [1.82, 2.24) is 14.5 Å². The second kappa shape index (κ2) is 7.22. The lowest BCUT2D eigenvalue weighted by molar-refractivity contribution is 0.171. The van der Waals surface area contributed by atoms with Crippen LogP contribution in [0.5, 0.6) is 0 Å². The maximum atomic E-state index is 11.6. The van der Waals surface area contributed by atoms with Gasteiger partial charge in [0.05, 0.1) is 6.26 Å². The summed E-state index contributed by atoms with van der Waals surface area (Å²) in [7, 11) is -0.847. The van der Waals surface area contributed by atoms with Crippen LogP contribution < -0.4 is 5.32 Å². The highest BCUT2D eigenvalue weighted by atomic mass is 35.5. The van der Waals surface area contributed by atoms with E-state index in [1.54, 1.807) is 4.31 Å². The molecule has 2 rings (SSSR count). The Morgan fingerprint density at radius 1 is 1.37 bits per heavy atom. The summed E-state index contributed by atoms with van der Waals surface area (Å²) < 4.78 is 24.8. The van der Waals surface area contributed by atoms with Crippen LogP contribution in [0, 0.1) is 5.92 Å². The number of sulfonamides is 1. The van der Waals surface area contributed by atoms with E-state index in [1.165, 1.54) is 12.7 Å². The van der Waals surface area contributed by atoms with Crippen molar-refractivity contribution in [3.8, 4) is 0 Å². The van der Waals surface area contributed by atoms with Crippen LogP contribution in [-0.4, -0.2) is 69.7 Å².